The number of ether oxygens (including phenoxy) is 1. The van der Waals surface area contributed by atoms with Crippen molar-refractivity contribution in [2.75, 3.05) is 26.3 Å². The fourth-order valence-corrected chi connectivity index (χ4v) is 3.98. The molecule has 1 N–H and O–H groups in total. The molecule has 4 rings (SSSR count). The van der Waals surface area contributed by atoms with Crippen LogP contribution in [-0.2, 0) is 11.8 Å². The van der Waals surface area contributed by atoms with E-state index in [1.54, 1.807) is 10.7 Å². The molecule has 0 aliphatic carbocycles. The topological polar surface area (TPSA) is 72.0 Å². The van der Waals surface area contributed by atoms with Gasteiger partial charge in [0.2, 0.25) is 0 Å². The predicted molar refractivity (Wildman–Crippen MR) is 102 cm³/mol. The molecule has 3 aromatic rings. The number of hydrogen-bond acceptors (Lipinski definition) is 4. The Hall–Kier alpha value is -2.64. The molecule has 142 valence electrons. The van der Waals surface area contributed by atoms with Crippen LogP contribution in [0.3, 0.4) is 0 Å². The first-order valence-electron chi connectivity index (χ1n) is 9.15. The lowest BCUT2D eigenvalue weighted by Gasteiger charge is -2.33. The smallest absolute Gasteiger partial charge is 0.336 e. The second kappa shape index (κ2) is 6.83. The maximum atomic E-state index is 11.8. The zero-order chi connectivity index (χ0) is 19.1. The number of nitrogens with zero attached hydrogens (tertiary/aromatic N) is 4. The molecule has 0 aromatic carbocycles. The standard InChI is InChI=1S/C20H24N4O3/c1-13-18(20(25)26)9-17-8-15(16-10-21-22(3)11-16)12-24(17)19(13)14(2)23-4-6-27-7-5-23/h8-12,14H,4-7H2,1-3H3,(H,25,26). The van der Waals surface area contributed by atoms with Crippen LogP contribution in [0.25, 0.3) is 16.6 Å². The Balaban J connectivity index is 1.89. The minimum atomic E-state index is -0.894. The maximum Gasteiger partial charge on any atom is 0.336 e. The molecule has 1 aliphatic heterocycles. The summed E-state index contributed by atoms with van der Waals surface area (Å²) in [5.74, 6) is -0.894. The monoisotopic (exact) mass is 368 g/mol. The summed E-state index contributed by atoms with van der Waals surface area (Å²) in [4.78, 5) is 14.2. The van der Waals surface area contributed by atoms with Crippen LogP contribution in [0, 0.1) is 6.92 Å². The van der Waals surface area contributed by atoms with Gasteiger partial charge < -0.3 is 14.2 Å². The molecule has 3 aromatic heterocycles. The lowest BCUT2D eigenvalue weighted by atomic mass is 10.0. The highest BCUT2D eigenvalue weighted by Crippen LogP contribution is 2.31. The van der Waals surface area contributed by atoms with Gasteiger partial charge in [0.1, 0.15) is 0 Å². The average molecular weight is 368 g/mol. The zero-order valence-electron chi connectivity index (χ0n) is 15.8. The third kappa shape index (κ3) is 3.13. The van der Waals surface area contributed by atoms with Gasteiger partial charge in [-0.2, -0.15) is 5.10 Å². The summed E-state index contributed by atoms with van der Waals surface area (Å²) in [7, 11) is 1.89. The molecule has 0 radical (unpaired) electrons. The zero-order valence-corrected chi connectivity index (χ0v) is 15.8. The summed E-state index contributed by atoms with van der Waals surface area (Å²) in [6.07, 6.45) is 5.87. The van der Waals surface area contributed by atoms with E-state index >= 15 is 0 Å². The Morgan fingerprint density at radius 2 is 1.96 bits per heavy atom. The fraction of sp³-hybridized carbons (Fsp3) is 0.400. The number of rotatable bonds is 4. The van der Waals surface area contributed by atoms with Crippen LogP contribution in [0.4, 0.5) is 0 Å². The Labute approximate surface area is 157 Å². The van der Waals surface area contributed by atoms with Gasteiger partial charge >= 0.3 is 5.97 Å². The molecular formula is C20H24N4O3. The van der Waals surface area contributed by atoms with Crippen molar-refractivity contribution in [3.05, 3.63) is 47.5 Å². The van der Waals surface area contributed by atoms with E-state index in [0.717, 1.165) is 41.0 Å². The Bertz CT molecular complexity index is 998. The van der Waals surface area contributed by atoms with E-state index in [2.05, 4.69) is 27.5 Å². The number of carbonyl (C=O) groups is 1. The van der Waals surface area contributed by atoms with Crippen molar-refractivity contribution < 1.29 is 14.6 Å². The van der Waals surface area contributed by atoms with Gasteiger partial charge in [-0.3, -0.25) is 9.58 Å². The normalized spacial score (nSPS) is 16.7. The third-order valence-electron chi connectivity index (χ3n) is 5.45. The second-order valence-corrected chi connectivity index (χ2v) is 7.12. The molecule has 0 saturated carbocycles. The molecule has 0 bridgehead atoms. The molecular weight excluding hydrogens is 344 g/mol. The molecule has 1 aliphatic rings. The molecule has 7 heteroatoms. The van der Waals surface area contributed by atoms with Gasteiger partial charge in [-0.15, -0.1) is 0 Å². The van der Waals surface area contributed by atoms with Crippen LogP contribution in [0.5, 0.6) is 0 Å². The van der Waals surface area contributed by atoms with E-state index in [1.165, 1.54) is 0 Å². The number of pyridine rings is 1. The summed E-state index contributed by atoms with van der Waals surface area (Å²) in [5, 5.41) is 14.0. The van der Waals surface area contributed by atoms with Crippen molar-refractivity contribution in [2.24, 2.45) is 7.05 Å². The number of carboxylic acids is 1. The van der Waals surface area contributed by atoms with E-state index in [-0.39, 0.29) is 6.04 Å². The van der Waals surface area contributed by atoms with Gasteiger partial charge in [-0.25, -0.2) is 4.79 Å². The van der Waals surface area contributed by atoms with Crippen molar-refractivity contribution in [1.29, 1.82) is 0 Å². The largest absolute Gasteiger partial charge is 0.478 e. The van der Waals surface area contributed by atoms with Crippen molar-refractivity contribution in [3.63, 3.8) is 0 Å². The van der Waals surface area contributed by atoms with E-state index in [1.807, 2.05) is 32.4 Å². The van der Waals surface area contributed by atoms with Crippen LogP contribution in [-0.4, -0.2) is 56.5 Å². The summed E-state index contributed by atoms with van der Waals surface area (Å²) in [6, 6.07) is 3.87. The number of morpholine rings is 1. The molecule has 1 unspecified atom stereocenters. The van der Waals surface area contributed by atoms with Gasteiger partial charge in [0.05, 0.1) is 25.0 Å². The first-order chi connectivity index (χ1) is 13.0. The number of aromatic carboxylic acids is 1. The van der Waals surface area contributed by atoms with Crippen LogP contribution in [0.2, 0.25) is 0 Å². The SMILES string of the molecule is Cc1c(C(=O)O)cc2cc(-c3cnn(C)c3)cn2c1C(C)N1CCOCC1. The Morgan fingerprint density at radius 3 is 2.59 bits per heavy atom. The van der Waals surface area contributed by atoms with Crippen LogP contribution in [0.1, 0.15) is 34.6 Å². The number of hydrogen-bond donors (Lipinski definition) is 1. The van der Waals surface area contributed by atoms with Gasteiger partial charge in [0.25, 0.3) is 0 Å². The second-order valence-electron chi connectivity index (χ2n) is 7.12. The number of carboxylic acid groups (broad SMARTS) is 1. The molecule has 4 heterocycles. The van der Waals surface area contributed by atoms with Crippen molar-refractivity contribution >= 4 is 11.5 Å². The Morgan fingerprint density at radius 1 is 1.22 bits per heavy atom. The maximum absolute atomic E-state index is 11.8. The lowest BCUT2D eigenvalue weighted by molar-refractivity contribution is 0.0187. The third-order valence-corrected chi connectivity index (χ3v) is 5.45. The molecule has 0 spiro atoms. The number of aryl methyl sites for hydroxylation is 1. The highest BCUT2D eigenvalue weighted by Gasteiger charge is 2.25. The van der Waals surface area contributed by atoms with Gasteiger partial charge in [0, 0.05) is 60.9 Å². The molecule has 0 amide bonds. The molecule has 7 nitrogen and oxygen atoms in total. The van der Waals surface area contributed by atoms with E-state index in [0.29, 0.717) is 18.8 Å². The van der Waals surface area contributed by atoms with Crippen LogP contribution < -0.4 is 0 Å². The van der Waals surface area contributed by atoms with Crippen molar-refractivity contribution in [2.45, 2.75) is 19.9 Å². The van der Waals surface area contributed by atoms with Gasteiger partial charge in [-0.1, -0.05) is 0 Å². The summed E-state index contributed by atoms with van der Waals surface area (Å²) in [6.45, 7) is 7.14. The van der Waals surface area contributed by atoms with Crippen molar-refractivity contribution in [3.8, 4) is 11.1 Å². The van der Waals surface area contributed by atoms with Gasteiger partial charge in [0.15, 0.2) is 0 Å². The fourth-order valence-electron chi connectivity index (χ4n) is 3.98. The first kappa shape index (κ1) is 17.8. The molecule has 1 saturated heterocycles. The number of aromatic nitrogens is 3. The predicted octanol–water partition coefficient (Wildman–Crippen LogP) is 2.74. The van der Waals surface area contributed by atoms with Gasteiger partial charge in [-0.05, 0) is 31.5 Å². The molecule has 1 atom stereocenters. The minimum Gasteiger partial charge on any atom is -0.478 e. The number of fused-ring (bicyclic) bond motifs is 1. The van der Waals surface area contributed by atoms with E-state index in [4.69, 9.17) is 4.74 Å². The quantitative estimate of drug-likeness (QED) is 0.767. The Kier molecular flexibility index (Phi) is 4.49. The minimum absolute atomic E-state index is 0.0878. The lowest BCUT2D eigenvalue weighted by Crippen LogP contribution is -2.39. The molecule has 27 heavy (non-hydrogen) atoms. The molecule has 1 fully saturated rings. The van der Waals surface area contributed by atoms with Crippen LogP contribution >= 0.6 is 0 Å². The van der Waals surface area contributed by atoms with Crippen molar-refractivity contribution in [1.82, 2.24) is 19.1 Å². The van der Waals surface area contributed by atoms with E-state index < -0.39 is 5.97 Å². The summed E-state index contributed by atoms with van der Waals surface area (Å²) >= 11 is 0. The summed E-state index contributed by atoms with van der Waals surface area (Å²) in [5.41, 5.74) is 5.10. The highest BCUT2D eigenvalue weighted by atomic mass is 16.5. The van der Waals surface area contributed by atoms with Crippen LogP contribution in [0.15, 0.2) is 30.7 Å². The average Bonchev–Trinajstić information content (AvgIpc) is 3.27. The van der Waals surface area contributed by atoms with E-state index in [9.17, 15) is 9.90 Å². The summed E-state index contributed by atoms with van der Waals surface area (Å²) < 4.78 is 9.37. The first-order valence-corrected chi connectivity index (χ1v) is 9.15. The highest BCUT2D eigenvalue weighted by molar-refractivity contribution is 5.91.